The van der Waals surface area contributed by atoms with Gasteiger partial charge in [0.25, 0.3) is 0 Å². The Kier molecular flexibility index (Phi) is 11.4. The minimum absolute atomic E-state index is 0.00998. The summed E-state index contributed by atoms with van der Waals surface area (Å²) in [6.45, 7) is 3.82. The number of imide groups is 1. The number of aliphatic hydroxyl groups excluding tert-OH is 2. The largest absolute Gasteiger partial charge is 0.508 e. The number of hydrogen-bond acceptors (Lipinski definition) is 7. The number of benzene rings is 1. The number of carboxylic acids is 1. The number of aliphatic carboxylic acids is 1. The fraction of sp³-hybridized carbons (Fsp3) is 0.471. The van der Waals surface area contributed by atoms with Crippen LogP contribution in [0.2, 0.25) is 5.02 Å². The van der Waals surface area contributed by atoms with Gasteiger partial charge in [-0.15, -0.1) is 0 Å². The van der Waals surface area contributed by atoms with Gasteiger partial charge in [-0.05, 0) is 91.1 Å². The zero-order chi connectivity index (χ0) is 32.0. The van der Waals surface area contributed by atoms with Gasteiger partial charge in [0.1, 0.15) is 5.75 Å². The molecule has 1 aliphatic carbocycles. The molecule has 4 rings (SSSR count). The molecule has 1 saturated heterocycles. The summed E-state index contributed by atoms with van der Waals surface area (Å²) in [5.41, 5.74) is 3.75. The van der Waals surface area contributed by atoms with Crippen LogP contribution in [0.25, 0.3) is 11.6 Å². The van der Waals surface area contributed by atoms with E-state index in [1.165, 1.54) is 11.0 Å². The first-order chi connectivity index (χ1) is 21.0. The van der Waals surface area contributed by atoms with E-state index in [0.29, 0.717) is 54.0 Å². The molecule has 0 bridgehead atoms. The van der Waals surface area contributed by atoms with Crippen LogP contribution in [0.3, 0.4) is 0 Å². The van der Waals surface area contributed by atoms with Gasteiger partial charge in [-0.2, -0.15) is 0 Å². The number of carbonyl (C=O) groups is 3. The third-order valence-corrected chi connectivity index (χ3v) is 9.06. The van der Waals surface area contributed by atoms with E-state index in [4.69, 9.17) is 16.7 Å². The number of allylic oxidation sites excluding steroid dienone is 2. The fourth-order valence-corrected chi connectivity index (χ4v) is 6.78. The van der Waals surface area contributed by atoms with Gasteiger partial charge in [-0.3, -0.25) is 24.3 Å². The summed E-state index contributed by atoms with van der Waals surface area (Å²) < 4.78 is 0. The molecular formula is C34H41ClN2O7. The lowest BCUT2D eigenvalue weighted by molar-refractivity contribution is -0.141. The molecule has 4 N–H and O–H groups in total. The average Bonchev–Trinajstić information content (AvgIpc) is 3.23. The Morgan fingerprint density at radius 1 is 1.11 bits per heavy atom. The Balaban J connectivity index is 1.57. The van der Waals surface area contributed by atoms with Crippen LogP contribution in [0.5, 0.6) is 5.75 Å². The van der Waals surface area contributed by atoms with E-state index in [1.54, 1.807) is 18.3 Å². The molecule has 1 aliphatic heterocycles. The first kappa shape index (κ1) is 33.4. The maximum atomic E-state index is 13.6. The van der Waals surface area contributed by atoms with Crippen LogP contribution in [0.4, 0.5) is 0 Å². The first-order valence-corrected chi connectivity index (χ1v) is 15.6. The number of fused-ring (bicyclic) bond motifs is 1. The van der Waals surface area contributed by atoms with Crippen LogP contribution in [-0.4, -0.2) is 67.3 Å². The van der Waals surface area contributed by atoms with Gasteiger partial charge in [0.15, 0.2) is 0 Å². The predicted molar refractivity (Wildman–Crippen MR) is 167 cm³/mol. The summed E-state index contributed by atoms with van der Waals surface area (Å²) in [6, 6.07) is 10.3. The molecule has 2 heterocycles. The summed E-state index contributed by atoms with van der Waals surface area (Å²) in [6.07, 6.45) is 5.24. The van der Waals surface area contributed by atoms with Gasteiger partial charge in [0, 0.05) is 25.1 Å². The van der Waals surface area contributed by atoms with Gasteiger partial charge in [0.2, 0.25) is 11.8 Å². The van der Waals surface area contributed by atoms with Gasteiger partial charge < -0.3 is 20.4 Å². The normalized spacial score (nSPS) is 21.3. The Morgan fingerprint density at radius 2 is 1.89 bits per heavy atom. The summed E-state index contributed by atoms with van der Waals surface area (Å²) >= 11 is 6.39. The van der Waals surface area contributed by atoms with Crippen molar-refractivity contribution in [2.45, 2.75) is 64.9 Å². The number of carbonyl (C=O) groups excluding carboxylic acids is 2. The number of aromatic hydroxyl groups is 1. The quantitative estimate of drug-likeness (QED) is 0.125. The molecule has 1 fully saturated rings. The van der Waals surface area contributed by atoms with E-state index in [-0.39, 0.29) is 49.5 Å². The molecule has 2 aliphatic rings. The number of likely N-dealkylation sites (tertiary alicyclic amines) is 1. The number of carboxylic acid groups (broad SMARTS) is 1. The van der Waals surface area contributed by atoms with Crippen LogP contribution >= 0.6 is 11.6 Å². The number of unbranched alkanes of at least 4 members (excludes halogenated alkanes) is 2. The second-order valence-electron chi connectivity index (χ2n) is 11.9. The van der Waals surface area contributed by atoms with Gasteiger partial charge in [-0.1, -0.05) is 43.5 Å². The Morgan fingerprint density at radius 3 is 2.52 bits per heavy atom. The van der Waals surface area contributed by atoms with Gasteiger partial charge >= 0.3 is 5.97 Å². The van der Waals surface area contributed by atoms with Crippen molar-refractivity contribution in [2.75, 3.05) is 13.2 Å². The maximum Gasteiger partial charge on any atom is 0.303 e. The van der Waals surface area contributed by atoms with E-state index in [2.05, 4.69) is 4.98 Å². The highest BCUT2D eigenvalue weighted by Crippen LogP contribution is 2.48. The van der Waals surface area contributed by atoms with Crippen molar-refractivity contribution in [3.8, 4) is 5.75 Å². The Bertz CT molecular complexity index is 1420. The lowest BCUT2D eigenvalue weighted by Gasteiger charge is -2.38. The second-order valence-corrected chi connectivity index (χ2v) is 12.3. The van der Waals surface area contributed by atoms with Crippen molar-refractivity contribution in [1.82, 2.24) is 9.88 Å². The summed E-state index contributed by atoms with van der Waals surface area (Å²) in [4.78, 5) is 43.6. The molecule has 0 saturated carbocycles. The lowest BCUT2D eigenvalue weighted by Crippen LogP contribution is -2.40. The van der Waals surface area contributed by atoms with E-state index < -0.39 is 29.8 Å². The van der Waals surface area contributed by atoms with E-state index in [9.17, 15) is 29.7 Å². The smallest absolute Gasteiger partial charge is 0.303 e. The van der Waals surface area contributed by atoms with Gasteiger partial charge in [0.05, 0.1) is 35.3 Å². The summed E-state index contributed by atoms with van der Waals surface area (Å²) in [7, 11) is 0. The molecule has 44 heavy (non-hydrogen) atoms. The molecule has 2 aromatic rings. The number of halogens is 1. The van der Waals surface area contributed by atoms with Gasteiger partial charge in [-0.25, -0.2) is 0 Å². The average molecular weight is 625 g/mol. The zero-order valence-electron chi connectivity index (χ0n) is 25.2. The highest BCUT2D eigenvalue weighted by Gasteiger charge is 2.54. The van der Waals surface area contributed by atoms with Crippen LogP contribution in [0.15, 0.2) is 53.7 Å². The summed E-state index contributed by atoms with van der Waals surface area (Å²) in [5.74, 6) is -3.45. The highest BCUT2D eigenvalue weighted by molar-refractivity contribution is 6.32. The third kappa shape index (κ3) is 7.57. The number of phenolic OH excluding ortho intramolecular Hbond substituents is 1. The number of rotatable bonds is 14. The minimum Gasteiger partial charge on any atom is -0.508 e. The van der Waals surface area contributed by atoms with Crippen molar-refractivity contribution < 1.29 is 34.8 Å². The standard InChI is InChI=1S/C34H41ClN2O7/c1-20(2)24-18-25-32(34(44)37(33(25)43)15-7-3-4-9-30(41)42)26(19-38)31(24)29(40)13-11-22(28-8-5-6-14-36-28)16-21-10-12-23(39)17-27(21)35/h5-6,8,10,12,14,16-17,20,25-26,29,32,38-40H,3-4,7,9,11,13,15,18-19H2,1-2H3,(H,41,42)/b22-16-/t25-,26+,29-,32-/m1/s1. The molecule has 236 valence electrons. The van der Waals surface area contributed by atoms with Crippen LogP contribution in [0.1, 0.15) is 70.1 Å². The molecule has 10 heteroatoms. The lowest BCUT2D eigenvalue weighted by atomic mass is 9.66. The zero-order valence-corrected chi connectivity index (χ0v) is 25.9. The van der Waals surface area contributed by atoms with Crippen LogP contribution in [0, 0.1) is 23.7 Å². The molecular weight excluding hydrogens is 584 g/mol. The SMILES string of the molecule is CC(C)C1=C([C@H](O)CC/C(=C/c2ccc(O)cc2Cl)c2ccccn2)[C@H](CO)[C@@H]2C(=O)N(CCCCCC(=O)O)C(=O)[C@@H]2C1. The van der Waals surface area contributed by atoms with E-state index in [1.807, 2.05) is 38.1 Å². The molecule has 1 aromatic heterocycles. The van der Waals surface area contributed by atoms with Crippen molar-refractivity contribution in [2.24, 2.45) is 23.7 Å². The van der Waals surface area contributed by atoms with E-state index in [0.717, 1.165) is 11.1 Å². The number of phenols is 1. The molecule has 4 atom stereocenters. The van der Waals surface area contributed by atoms with Crippen molar-refractivity contribution in [3.05, 3.63) is 70.0 Å². The molecule has 0 radical (unpaired) electrons. The van der Waals surface area contributed by atoms with E-state index >= 15 is 0 Å². The van der Waals surface area contributed by atoms with Crippen molar-refractivity contribution >= 4 is 41.0 Å². The van der Waals surface area contributed by atoms with Crippen LogP contribution in [-0.2, 0) is 14.4 Å². The summed E-state index contributed by atoms with van der Waals surface area (Å²) in [5, 5.41) is 41.3. The highest BCUT2D eigenvalue weighted by atomic mass is 35.5. The van der Waals surface area contributed by atoms with Crippen molar-refractivity contribution in [1.29, 1.82) is 0 Å². The number of aromatic nitrogens is 1. The fourth-order valence-electron chi connectivity index (χ4n) is 6.55. The minimum atomic E-state index is -0.971. The maximum absolute atomic E-state index is 13.6. The predicted octanol–water partition coefficient (Wildman–Crippen LogP) is 5.33. The first-order valence-electron chi connectivity index (χ1n) is 15.2. The molecule has 0 unspecified atom stereocenters. The number of hydrogen-bond donors (Lipinski definition) is 4. The van der Waals surface area contributed by atoms with Crippen molar-refractivity contribution in [3.63, 3.8) is 0 Å². The topological polar surface area (TPSA) is 148 Å². The Labute approximate surface area is 262 Å². The number of amides is 2. The van der Waals surface area contributed by atoms with Crippen LogP contribution < -0.4 is 0 Å². The number of pyridine rings is 1. The number of nitrogens with zero attached hydrogens (tertiary/aromatic N) is 2. The Hall–Kier alpha value is -3.53. The molecule has 0 spiro atoms. The molecule has 9 nitrogen and oxygen atoms in total. The second kappa shape index (κ2) is 15.0. The molecule has 1 aromatic carbocycles. The molecule has 2 amide bonds. The monoisotopic (exact) mass is 624 g/mol. The third-order valence-electron chi connectivity index (χ3n) is 8.73. The number of aliphatic hydroxyl groups is 2.